The van der Waals surface area contributed by atoms with E-state index in [2.05, 4.69) is 11.1 Å². The van der Waals surface area contributed by atoms with Crippen LogP contribution in [0, 0.1) is 6.92 Å². The maximum Gasteiger partial charge on any atom is 0.163 e. The number of rotatable bonds is 3. The Morgan fingerprint density at radius 1 is 1.21 bits per heavy atom. The molecule has 0 fully saturated rings. The third-order valence-corrected chi connectivity index (χ3v) is 3.34. The van der Waals surface area contributed by atoms with Crippen molar-refractivity contribution in [2.45, 2.75) is 26.4 Å². The average Bonchev–Trinajstić information content (AvgIpc) is 2.78. The summed E-state index contributed by atoms with van der Waals surface area (Å²) in [5.41, 5.74) is 4.13. The van der Waals surface area contributed by atoms with Crippen molar-refractivity contribution in [2.24, 2.45) is 0 Å². The molecular formula is C16H15NO2. The molecule has 3 heteroatoms. The summed E-state index contributed by atoms with van der Waals surface area (Å²) < 4.78 is 5.76. The fraction of sp³-hybridized carbons (Fsp3) is 0.250. The van der Waals surface area contributed by atoms with E-state index in [0.29, 0.717) is 13.0 Å². The molecule has 0 radical (unpaired) electrons. The molecule has 0 saturated carbocycles. The molecule has 0 spiro atoms. The Morgan fingerprint density at radius 3 is 2.95 bits per heavy atom. The standard InChI is InChI=1S/C16H15NO2/c1-11-6-12(9-17-8-11)10-19-14-3-4-15-13(7-14)2-5-16(15)18/h3-4,6-9H,2,5,10H2,1H3. The van der Waals surface area contributed by atoms with Crippen molar-refractivity contribution in [3.8, 4) is 5.75 Å². The van der Waals surface area contributed by atoms with E-state index in [4.69, 9.17) is 4.74 Å². The van der Waals surface area contributed by atoms with Crippen LogP contribution in [-0.4, -0.2) is 10.8 Å². The highest BCUT2D eigenvalue weighted by Gasteiger charge is 2.19. The molecule has 96 valence electrons. The number of carbonyl (C=O) groups excluding carboxylic acids is 1. The molecule has 0 bridgehead atoms. The topological polar surface area (TPSA) is 39.2 Å². The predicted octanol–water partition coefficient (Wildman–Crippen LogP) is 3.10. The highest BCUT2D eigenvalue weighted by molar-refractivity contribution is 6.00. The molecule has 1 aliphatic carbocycles. The van der Waals surface area contributed by atoms with E-state index in [9.17, 15) is 4.79 Å². The summed E-state index contributed by atoms with van der Waals surface area (Å²) in [6, 6.07) is 7.77. The zero-order chi connectivity index (χ0) is 13.2. The van der Waals surface area contributed by atoms with Gasteiger partial charge in [-0.25, -0.2) is 0 Å². The fourth-order valence-corrected chi connectivity index (χ4v) is 2.38. The first-order chi connectivity index (χ1) is 9.22. The smallest absolute Gasteiger partial charge is 0.163 e. The number of ketones is 1. The van der Waals surface area contributed by atoms with Crippen molar-refractivity contribution >= 4 is 5.78 Å². The molecule has 0 atom stereocenters. The molecule has 19 heavy (non-hydrogen) atoms. The van der Waals surface area contributed by atoms with Crippen molar-refractivity contribution in [1.29, 1.82) is 0 Å². The average molecular weight is 253 g/mol. The van der Waals surface area contributed by atoms with Gasteiger partial charge in [-0.3, -0.25) is 9.78 Å². The second-order valence-electron chi connectivity index (χ2n) is 4.90. The molecule has 0 saturated heterocycles. The number of carbonyl (C=O) groups is 1. The number of fused-ring (bicyclic) bond motifs is 1. The lowest BCUT2D eigenvalue weighted by molar-refractivity contribution is 0.0994. The first-order valence-electron chi connectivity index (χ1n) is 6.42. The molecular weight excluding hydrogens is 238 g/mol. The Balaban J connectivity index is 1.73. The number of aryl methyl sites for hydroxylation is 2. The molecule has 0 aliphatic heterocycles. The second kappa shape index (κ2) is 4.84. The lowest BCUT2D eigenvalue weighted by atomic mass is 10.1. The summed E-state index contributed by atoms with van der Waals surface area (Å²) in [4.78, 5) is 15.7. The predicted molar refractivity (Wildman–Crippen MR) is 72.4 cm³/mol. The van der Waals surface area contributed by atoms with Crippen LogP contribution < -0.4 is 4.74 Å². The first-order valence-corrected chi connectivity index (χ1v) is 6.42. The summed E-state index contributed by atoms with van der Waals surface area (Å²) in [5.74, 6) is 1.05. The van der Waals surface area contributed by atoms with Gasteiger partial charge in [0.2, 0.25) is 0 Å². The zero-order valence-electron chi connectivity index (χ0n) is 10.8. The highest BCUT2D eigenvalue weighted by atomic mass is 16.5. The van der Waals surface area contributed by atoms with E-state index in [0.717, 1.165) is 34.4 Å². The number of hydrogen-bond acceptors (Lipinski definition) is 3. The third kappa shape index (κ3) is 2.50. The molecule has 0 amide bonds. The number of hydrogen-bond donors (Lipinski definition) is 0. The summed E-state index contributed by atoms with van der Waals surface area (Å²) in [6.45, 7) is 2.51. The maximum absolute atomic E-state index is 11.5. The molecule has 0 N–H and O–H groups in total. The number of aromatic nitrogens is 1. The number of benzene rings is 1. The van der Waals surface area contributed by atoms with Gasteiger partial charge in [0.25, 0.3) is 0 Å². The normalized spacial score (nSPS) is 13.4. The van der Waals surface area contributed by atoms with Gasteiger partial charge in [-0.2, -0.15) is 0 Å². The van der Waals surface area contributed by atoms with Gasteiger partial charge in [0.05, 0.1) is 0 Å². The molecule has 1 aromatic carbocycles. The number of pyridine rings is 1. The van der Waals surface area contributed by atoms with E-state index >= 15 is 0 Å². The van der Waals surface area contributed by atoms with Crippen LogP contribution in [0.1, 0.15) is 33.5 Å². The summed E-state index contributed by atoms with van der Waals surface area (Å²) in [7, 11) is 0. The quantitative estimate of drug-likeness (QED) is 0.843. The van der Waals surface area contributed by atoms with Crippen LogP contribution >= 0.6 is 0 Å². The minimum absolute atomic E-state index is 0.240. The minimum atomic E-state index is 0.240. The van der Waals surface area contributed by atoms with Gasteiger partial charge in [0.15, 0.2) is 5.78 Å². The summed E-state index contributed by atoms with van der Waals surface area (Å²) in [6.07, 6.45) is 5.09. The van der Waals surface area contributed by atoms with Crippen molar-refractivity contribution in [3.05, 3.63) is 58.9 Å². The minimum Gasteiger partial charge on any atom is -0.489 e. The van der Waals surface area contributed by atoms with Gasteiger partial charge in [0, 0.05) is 29.9 Å². The Morgan fingerprint density at radius 2 is 2.11 bits per heavy atom. The monoisotopic (exact) mass is 253 g/mol. The Bertz CT molecular complexity index is 634. The maximum atomic E-state index is 11.5. The van der Waals surface area contributed by atoms with E-state index in [1.807, 2.05) is 37.5 Å². The molecule has 1 heterocycles. The zero-order valence-corrected chi connectivity index (χ0v) is 10.8. The first kappa shape index (κ1) is 11.9. The van der Waals surface area contributed by atoms with Crippen LogP contribution in [0.25, 0.3) is 0 Å². The van der Waals surface area contributed by atoms with Crippen LogP contribution in [0.4, 0.5) is 0 Å². The van der Waals surface area contributed by atoms with Crippen LogP contribution in [0.2, 0.25) is 0 Å². The van der Waals surface area contributed by atoms with Gasteiger partial charge < -0.3 is 4.74 Å². The molecule has 3 nitrogen and oxygen atoms in total. The van der Waals surface area contributed by atoms with E-state index < -0.39 is 0 Å². The van der Waals surface area contributed by atoms with E-state index in [1.54, 1.807) is 0 Å². The third-order valence-electron chi connectivity index (χ3n) is 3.34. The van der Waals surface area contributed by atoms with Crippen molar-refractivity contribution in [3.63, 3.8) is 0 Å². The van der Waals surface area contributed by atoms with Gasteiger partial charge >= 0.3 is 0 Å². The van der Waals surface area contributed by atoms with E-state index in [-0.39, 0.29) is 5.78 Å². The molecule has 3 rings (SSSR count). The van der Waals surface area contributed by atoms with Gasteiger partial charge in [-0.15, -0.1) is 0 Å². The van der Waals surface area contributed by atoms with Gasteiger partial charge in [-0.05, 0) is 48.7 Å². The molecule has 1 aliphatic rings. The van der Waals surface area contributed by atoms with Crippen LogP contribution in [0.15, 0.2) is 36.7 Å². The van der Waals surface area contributed by atoms with Crippen molar-refractivity contribution in [2.75, 3.05) is 0 Å². The number of nitrogens with zero attached hydrogens (tertiary/aromatic N) is 1. The summed E-state index contributed by atoms with van der Waals surface area (Å²) >= 11 is 0. The fourth-order valence-electron chi connectivity index (χ4n) is 2.38. The van der Waals surface area contributed by atoms with Gasteiger partial charge in [0.1, 0.15) is 12.4 Å². The van der Waals surface area contributed by atoms with Crippen LogP contribution in [0.5, 0.6) is 5.75 Å². The SMILES string of the molecule is Cc1cncc(COc2ccc3c(c2)CCC3=O)c1. The Kier molecular flexibility index (Phi) is 3.03. The Hall–Kier alpha value is -2.16. The number of Topliss-reactive ketones (excluding diaryl/α,β-unsaturated/α-hetero) is 1. The lowest BCUT2D eigenvalue weighted by Crippen LogP contribution is -1.98. The molecule has 2 aromatic rings. The molecule has 0 unspecified atom stereocenters. The van der Waals surface area contributed by atoms with Crippen LogP contribution in [0.3, 0.4) is 0 Å². The van der Waals surface area contributed by atoms with Crippen molar-refractivity contribution < 1.29 is 9.53 Å². The summed E-state index contributed by atoms with van der Waals surface area (Å²) in [5, 5.41) is 0. The number of ether oxygens (including phenoxy) is 1. The molecule has 1 aromatic heterocycles. The highest BCUT2D eigenvalue weighted by Crippen LogP contribution is 2.26. The van der Waals surface area contributed by atoms with Crippen LogP contribution in [-0.2, 0) is 13.0 Å². The van der Waals surface area contributed by atoms with E-state index in [1.165, 1.54) is 0 Å². The van der Waals surface area contributed by atoms with Crippen molar-refractivity contribution in [1.82, 2.24) is 4.98 Å². The second-order valence-corrected chi connectivity index (χ2v) is 4.90. The lowest BCUT2D eigenvalue weighted by Gasteiger charge is -2.08. The largest absolute Gasteiger partial charge is 0.489 e. The van der Waals surface area contributed by atoms with Gasteiger partial charge in [-0.1, -0.05) is 0 Å². The Labute approximate surface area is 112 Å².